The van der Waals surface area contributed by atoms with E-state index in [-0.39, 0.29) is 6.04 Å². The Morgan fingerprint density at radius 1 is 1.79 bits per heavy atom. The molecule has 1 aliphatic rings. The van der Waals surface area contributed by atoms with Crippen LogP contribution in [0, 0.1) is 0 Å². The highest BCUT2D eigenvalue weighted by molar-refractivity contribution is 5.16. The summed E-state index contributed by atoms with van der Waals surface area (Å²) < 4.78 is 1.82. The molecule has 0 fully saturated rings. The normalized spacial score (nSPS) is 22.9. The van der Waals surface area contributed by atoms with Crippen LogP contribution < -0.4 is 5.32 Å². The summed E-state index contributed by atoms with van der Waals surface area (Å²) in [4.78, 5) is 0. The predicted molar refractivity (Wildman–Crippen MR) is 53.8 cm³/mol. The number of nitrogens with one attached hydrogen (secondary N) is 1. The number of hydrogen-bond donors (Lipinski definition) is 2. The van der Waals surface area contributed by atoms with Crippen LogP contribution in [0.4, 0.5) is 0 Å². The minimum absolute atomic E-state index is 0.0320. The first-order chi connectivity index (χ1) is 6.81. The van der Waals surface area contributed by atoms with E-state index in [2.05, 4.69) is 10.4 Å². The summed E-state index contributed by atoms with van der Waals surface area (Å²) >= 11 is 0. The fraction of sp³-hybridized carbons (Fsp3) is 0.500. The Balaban J connectivity index is 2.09. The van der Waals surface area contributed by atoms with Crippen LogP contribution in [-0.2, 0) is 6.54 Å². The highest BCUT2D eigenvalue weighted by atomic mass is 16.3. The molecule has 0 aromatic carbocycles. The average Bonchev–Trinajstić information content (AvgIpc) is 2.88. The summed E-state index contributed by atoms with van der Waals surface area (Å²) in [6, 6.07) is 0.0320. The molecule has 2 rings (SSSR count). The van der Waals surface area contributed by atoms with Gasteiger partial charge in [0.1, 0.15) is 6.10 Å². The molecule has 0 saturated carbocycles. The summed E-state index contributed by atoms with van der Waals surface area (Å²) in [5.74, 6) is 0. The van der Waals surface area contributed by atoms with Crippen LogP contribution in [0.2, 0.25) is 0 Å². The molecule has 0 bridgehead atoms. The third-order valence-electron chi connectivity index (χ3n) is 2.47. The summed E-state index contributed by atoms with van der Waals surface area (Å²) in [7, 11) is 0. The van der Waals surface area contributed by atoms with Crippen molar-refractivity contribution in [1.29, 1.82) is 0 Å². The van der Waals surface area contributed by atoms with Crippen LogP contribution in [0.3, 0.4) is 0 Å². The molecule has 2 unspecified atom stereocenters. The number of aromatic nitrogens is 2. The molecule has 0 aliphatic carbocycles. The quantitative estimate of drug-likeness (QED) is 0.686. The molecule has 0 radical (unpaired) electrons. The van der Waals surface area contributed by atoms with E-state index in [1.807, 2.05) is 30.0 Å². The topological polar surface area (TPSA) is 50.1 Å². The summed E-state index contributed by atoms with van der Waals surface area (Å²) in [5, 5.41) is 17.3. The van der Waals surface area contributed by atoms with Crippen LogP contribution in [0.5, 0.6) is 0 Å². The lowest BCUT2D eigenvalue weighted by Crippen LogP contribution is -2.28. The monoisotopic (exact) mass is 193 g/mol. The molecule has 1 aromatic rings. The summed E-state index contributed by atoms with van der Waals surface area (Å²) in [6.45, 7) is 3.70. The van der Waals surface area contributed by atoms with E-state index < -0.39 is 6.10 Å². The molecule has 2 N–H and O–H groups in total. The number of rotatable bonds is 3. The number of nitrogens with zero attached hydrogens (tertiary/aromatic N) is 2. The van der Waals surface area contributed by atoms with Gasteiger partial charge in [-0.15, -0.1) is 0 Å². The predicted octanol–water partition coefficient (Wildman–Crippen LogP) is 0.464. The Morgan fingerprint density at radius 3 is 3.21 bits per heavy atom. The lowest BCUT2D eigenvalue weighted by molar-refractivity contribution is 0.152. The third kappa shape index (κ3) is 1.71. The highest BCUT2D eigenvalue weighted by Crippen LogP contribution is 2.18. The maximum Gasteiger partial charge on any atom is 0.101 e. The maximum absolute atomic E-state index is 9.96. The number of aliphatic hydroxyl groups is 1. The van der Waals surface area contributed by atoms with Crippen molar-refractivity contribution >= 4 is 0 Å². The minimum atomic E-state index is -0.492. The summed E-state index contributed by atoms with van der Waals surface area (Å²) in [6.07, 6.45) is 7.14. The molecule has 0 saturated heterocycles. The van der Waals surface area contributed by atoms with Crippen LogP contribution in [-0.4, -0.2) is 27.5 Å². The van der Waals surface area contributed by atoms with Gasteiger partial charge >= 0.3 is 0 Å². The molecular formula is C10H15N3O. The van der Waals surface area contributed by atoms with Crippen LogP contribution in [0.15, 0.2) is 24.5 Å². The third-order valence-corrected chi connectivity index (χ3v) is 2.47. The minimum Gasteiger partial charge on any atom is -0.386 e. The standard InChI is InChI=1S/C10H15N3O/c1-2-13-7-8(6-12-13)10(14)9-4-3-5-11-9/h3-4,6-7,9-11,14H,2,5H2,1H3. The van der Waals surface area contributed by atoms with Crippen molar-refractivity contribution < 1.29 is 5.11 Å². The van der Waals surface area contributed by atoms with Crippen molar-refractivity contribution in [2.75, 3.05) is 6.54 Å². The van der Waals surface area contributed by atoms with Crippen LogP contribution >= 0.6 is 0 Å². The first-order valence-corrected chi connectivity index (χ1v) is 4.91. The second kappa shape index (κ2) is 3.94. The first kappa shape index (κ1) is 9.43. The van der Waals surface area contributed by atoms with Gasteiger partial charge in [-0.2, -0.15) is 5.10 Å². The molecule has 2 atom stereocenters. The van der Waals surface area contributed by atoms with Crippen LogP contribution in [0.25, 0.3) is 0 Å². The highest BCUT2D eigenvalue weighted by Gasteiger charge is 2.21. The van der Waals surface area contributed by atoms with E-state index in [1.165, 1.54) is 0 Å². The molecule has 1 aliphatic heterocycles. The molecule has 0 amide bonds. The van der Waals surface area contributed by atoms with E-state index in [9.17, 15) is 5.11 Å². The first-order valence-electron chi connectivity index (χ1n) is 4.91. The van der Waals surface area contributed by atoms with Gasteiger partial charge in [-0.05, 0) is 6.92 Å². The van der Waals surface area contributed by atoms with E-state index in [4.69, 9.17) is 0 Å². The molecule has 1 aromatic heterocycles. The van der Waals surface area contributed by atoms with Gasteiger partial charge in [-0.1, -0.05) is 12.2 Å². The second-order valence-corrected chi connectivity index (χ2v) is 3.44. The average molecular weight is 193 g/mol. The smallest absolute Gasteiger partial charge is 0.101 e. The Kier molecular flexibility index (Phi) is 2.65. The fourth-order valence-electron chi connectivity index (χ4n) is 1.62. The SMILES string of the molecule is CCn1cc(C(O)C2C=CCN2)cn1. The van der Waals surface area contributed by atoms with Gasteiger partial charge in [0.25, 0.3) is 0 Å². The van der Waals surface area contributed by atoms with Crippen molar-refractivity contribution in [3.8, 4) is 0 Å². The van der Waals surface area contributed by atoms with E-state index >= 15 is 0 Å². The van der Waals surface area contributed by atoms with Crippen LogP contribution in [0.1, 0.15) is 18.6 Å². The molecule has 2 heterocycles. The number of aliphatic hydroxyl groups excluding tert-OH is 1. The maximum atomic E-state index is 9.96. The Bertz CT molecular complexity index is 332. The Hall–Kier alpha value is -1.13. The summed E-state index contributed by atoms with van der Waals surface area (Å²) in [5.41, 5.74) is 0.871. The molecular weight excluding hydrogens is 178 g/mol. The molecule has 14 heavy (non-hydrogen) atoms. The molecule has 0 spiro atoms. The zero-order chi connectivity index (χ0) is 9.97. The fourth-order valence-corrected chi connectivity index (χ4v) is 1.62. The lowest BCUT2D eigenvalue weighted by atomic mass is 10.1. The lowest BCUT2D eigenvalue weighted by Gasteiger charge is -2.15. The van der Waals surface area contributed by atoms with Gasteiger partial charge in [0.2, 0.25) is 0 Å². The van der Waals surface area contributed by atoms with Gasteiger partial charge in [-0.3, -0.25) is 4.68 Å². The Labute approximate surface area is 83.2 Å². The number of hydrogen-bond acceptors (Lipinski definition) is 3. The van der Waals surface area contributed by atoms with Gasteiger partial charge < -0.3 is 10.4 Å². The van der Waals surface area contributed by atoms with E-state index in [0.29, 0.717) is 0 Å². The van der Waals surface area contributed by atoms with Gasteiger partial charge in [-0.25, -0.2) is 0 Å². The van der Waals surface area contributed by atoms with Crippen molar-refractivity contribution in [1.82, 2.24) is 15.1 Å². The van der Waals surface area contributed by atoms with Gasteiger partial charge in [0.15, 0.2) is 0 Å². The molecule has 76 valence electrons. The molecule has 4 heteroatoms. The number of aryl methyl sites for hydroxylation is 1. The van der Waals surface area contributed by atoms with Crippen molar-refractivity contribution in [2.45, 2.75) is 25.6 Å². The molecule has 4 nitrogen and oxygen atoms in total. The second-order valence-electron chi connectivity index (χ2n) is 3.44. The van der Waals surface area contributed by atoms with Crippen molar-refractivity contribution in [2.24, 2.45) is 0 Å². The van der Waals surface area contributed by atoms with E-state index in [0.717, 1.165) is 18.7 Å². The van der Waals surface area contributed by atoms with Crippen molar-refractivity contribution in [3.05, 3.63) is 30.1 Å². The zero-order valence-corrected chi connectivity index (χ0v) is 8.22. The largest absolute Gasteiger partial charge is 0.386 e. The van der Waals surface area contributed by atoms with Crippen molar-refractivity contribution in [3.63, 3.8) is 0 Å². The van der Waals surface area contributed by atoms with Gasteiger partial charge in [0.05, 0.1) is 12.2 Å². The zero-order valence-electron chi connectivity index (χ0n) is 8.22. The van der Waals surface area contributed by atoms with Gasteiger partial charge in [0, 0.05) is 24.8 Å². The Morgan fingerprint density at radius 2 is 2.64 bits per heavy atom. The van der Waals surface area contributed by atoms with E-state index in [1.54, 1.807) is 6.20 Å².